The molecular formula is C13H24N2O. The summed E-state index contributed by atoms with van der Waals surface area (Å²) in [6.07, 6.45) is 5.59. The minimum absolute atomic E-state index is 0.0665. The van der Waals surface area contributed by atoms with Crippen molar-refractivity contribution in [3.8, 4) is 0 Å². The zero-order valence-electron chi connectivity index (χ0n) is 10.8. The van der Waals surface area contributed by atoms with Gasteiger partial charge >= 0.3 is 0 Å². The van der Waals surface area contributed by atoms with Gasteiger partial charge in [-0.2, -0.15) is 0 Å². The van der Waals surface area contributed by atoms with E-state index in [9.17, 15) is 4.79 Å². The molecule has 92 valence electrons. The van der Waals surface area contributed by atoms with Gasteiger partial charge in [-0.1, -0.05) is 13.8 Å². The van der Waals surface area contributed by atoms with Crippen LogP contribution in [0.3, 0.4) is 0 Å². The number of hydrogen-bond acceptors (Lipinski definition) is 2. The molecule has 1 saturated carbocycles. The van der Waals surface area contributed by atoms with Gasteiger partial charge in [-0.05, 0) is 39.0 Å². The summed E-state index contributed by atoms with van der Waals surface area (Å²) < 4.78 is 0. The normalized spacial score (nSPS) is 26.6. The van der Waals surface area contributed by atoms with Crippen LogP contribution in [-0.2, 0) is 4.79 Å². The van der Waals surface area contributed by atoms with E-state index in [1.807, 2.05) is 0 Å². The summed E-state index contributed by atoms with van der Waals surface area (Å²) in [4.78, 5) is 14.4. The molecule has 1 amide bonds. The van der Waals surface area contributed by atoms with Crippen molar-refractivity contribution >= 4 is 5.91 Å². The number of nitrogens with one attached hydrogen (secondary N) is 1. The molecule has 0 spiro atoms. The van der Waals surface area contributed by atoms with Crippen molar-refractivity contribution in [2.45, 2.75) is 70.5 Å². The first-order valence-corrected chi connectivity index (χ1v) is 6.68. The summed E-state index contributed by atoms with van der Waals surface area (Å²) in [6, 6.07) is 0.730. The largest absolute Gasteiger partial charge is 0.336 e. The summed E-state index contributed by atoms with van der Waals surface area (Å²) in [5.74, 6) is 0.332. The lowest BCUT2D eigenvalue weighted by molar-refractivity contribution is -0.134. The molecule has 1 atom stereocenters. The van der Waals surface area contributed by atoms with Crippen LogP contribution in [0.5, 0.6) is 0 Å². The molecule has 2 rings (SSSR count). The lowest BCUT2D eigenvalue weighted by Crippen LogP contribution is -2.49. The van der Waals surface area contributed by atoms with Crippen LogP contribution in [0, 0.1) is 0 Å². The molecule has 2 fully saturated rings. The quantitative estimate of drug-likeness (QED) is 0.774. The van der Waals surface area contributed by atoms with Gasteiger partial charge in [-0.15, -0.1) is 0 Å². The van der Waals surface area contributed by atoms with Crippen LogP contribution in [0.1, 0.15) is 52.9 Å². The number of rotatable bonds is 5. The zero-order chi connectivity index (χ0) is 11.8. The fraction of sp³-hybridized carbons (Fsp3) is 0.923. The van der Waals surface area contributed by atoms with E-state index < -0.39 is 0 Å². The lowest BCUT2D eigenvalue weighted by Gasteiger charge is -2.37. The van der Waals surface area contributed by atoms with Crippen molar-refractivity contribution in [2.75, 3.05) is 6.54 Å². The minimum atomic E-state index is 0.0665. The van der Waals surface area contributed by atoms with Crippen molar-refractivity contribution < 1.29 is 4.79 Å². The third-order valence-corrected chi connectivity index (χ3v) is 4.39. The summed E-state index contributed by atoms with van der Waals surface area (Å²) in [5.41, 5.74) is 0.0665. The molecule has 3 nitrogen and oxygen atoms in total. The van der Waals surface area contributed by atoms with Gasteiger partial charge in [0.25, 0.3) is 0 Å². The Morgan fingerprint density at radius 1 is 1.31 bits per heavy atom. The predicted molar refractivity (Wildman–Crippen MR) is 65.3 cm³/mol. The Labute approximate surface area is 98.6 Å². The van der Waals surface area contributed by atoms with E-state index >= 15 is 0 Å². The van der Waals surface area contributed by atoms with Crippen LogP contribution in [-0.4, -0.2) is 35.0 Å². The molecule has 1 heterocycles. The summed E-state index contributed by atoms with van der Waals surface area (Å²) in [5, 5.41) is 3.46. The van der Waals surface area contributed by atoms with Gasteiger partial charge in [0.2, 0.25) is 5.91 Å². The van der Waals surface area contributed by atoms with Crippen molar-refractivity contribution in [1.29, 1.82) is 0 Å². The van der Waals surface area contributed by atoms with Crippen molar-refractivity contribution in [1.82, 2.24) is 10.2 Å². The predicted octanol–water partition coefficient (Wildman–Crippen LogP) is 1.92. The van der Waals surface area contributed by atoms with Gasteiger partial charge in [0.05, 0.1) is 6.04 Å². The second-order valence-electron chi connectivity index (χ2n) is 5.48. The van der Waals surface area contributed by atoms with Gasteiger partial charge in [-0.3, -0.25) is 4.79 Å². The molecule has 1 aliphatic carbocycles. The van der Waals surface area contributed by atoms with E-state index in [2.05, 4.69) is 31.0 Å². The third-order valence-electron chi connectivity index (χ3n) is 4.39. The SMILES string of the molecule is CCC(C)(CC)N1CCC(NC2CC2)C1=O. The van der Waals surface area contributed by atoms with Crippen LogP contribution in [0.2, 0.25) is 0 Å². The Kier molecular flexibility index (Phi) is 3.24. The summed E-state index contributed by atoms with van der Waals surface area (Å²) in [7, 11) is 0. The van der Waals surface area contributed by atoms with Crippen molar-refractivity contribution in [2.24, 2.45) is 0 Å². The molecule has 2 aliphatic rings. The maximum Gasteiger partial charge on any atom is 0.240 e. The van der Waals surface area contributed by atoms with E-state index in [4.69, 9.17) is 0 Å². The maximum atomic E-state index is 12.3. The summed E-state index contributed by atoms with van der Waals surface area (Å²) >= 11 is 0. The molecule has 0 aromatic carbocycles. The highest BCUT2D eigenvalue weighted by molar-refractivity contribution is 5.84. The van der Waals surface area contributed by atoms with Crippen molar-refractivity contribution in [3.63, 3.8) is 0 Å². The monoisotopic (exact) mass is 224 g/mol. The molecule has 16 heavy (non-hydrogen) atoms. The molecule has 0 bridgehead atoms. The first-order valence-electron chi connectivity index (χ1n) is 6.68. The number of nitrogens with zero attached hydrogens (tertiary/aromatic N) is 1. The van der Waals surface area contributed by atoms with Gasteiger partial charge < -0.3 is 10.2 Å². The maximum absolute atomic E-state index is 12.3. The topological polar surface area (TPSA) is 32.3 Å². The second kappa shape index (κ2) is 4.36. The Balaban J connectivity index is 1.99. The number of likely N-dealkylation sites (tertiary alicyclic amines) is 1. The van der Waals surface area contributed by atoms with Crippen LogP contribution in [0.15, 0.2) is 0 Å². The van der Waals surface area contributed by atoms with E-state index in [1.165, 1.54) is 12.8 Å². The van der Waals surface area contributed by atoms with E-state index in [0.29, 0.717) is 11.9 Å². The molecular weight excluding hydrogens is 200 g/mol. The number of carbonyl (C=O) groups excluding carboxylic acids is 1. The molecule has 3 heteroatoms. The Hall–Kier alpha value is -0.570. The van der Waals surface area contributed by atoms with Crippen LogP contribution >= 0.6 is 0 Å². The van der Waals surface area contributed by atoms with Crippen LogP contribution < -0.4 is 5.32 Å². The fourth-order valence-electron chi connectivity index (χ4n) is 2.54. The molecule has 1 unspecified atom stereocenters. The Bertz CT molecular complexity index is 269. The average Bonchev–Trinajstić information content (AvgIpc) is 3.03. The third kappa shape index (κ3) is 2.10. The lowest BCUT2D eigenvalue weighted by atomic mass is 9.93. The van der Waals surface area contributed by atoms with Crippen molar-refractivity contribution in [3.05, 3.63) is 0 Å². The molecule has 1 aliphatic heterocycles. The molecule has 0 aromatic rings. The van der Waals surface area contributed by atoms with E-state index in [0.717, 1.165) is 25.8 Å². The van der Waals surface area contributed by atoms with Gasteiger partial charge in [0.15, 0.2) is 0 Å². The molecule has 0 aromatic heterocycles. The summed E-state index contributed by atoms with van der Waals surface area (Å²) in [6.45, 7) is 7.50. The second-order valence-corrected chi connectivity index (χ2v) is 5.48. The standard InChI is InChI=1S/C13H24N2O/c1-4-13(3,5-2)15-9-8-11(12(15)16)14-10-6-7-10/h10-11,14H,4-9H2,1-3H3. The highest BCUT2D eigenvalue weighted by Crippen LogP contribution is 2.30. The number of hydrogen-bond donors (Lipinski definition) is 1. The number of amides is 1. The van der Waals surface area contributed by atoms with Gasteiger partial charge in [0.1, 0.15) is 0 Å². The highest BCUT2D eigenvalue weighted by Gasteiger charge is 2.42. The first kappa shape index (κ1) is 11.9. The van der Waals surface area contributed by atoms with E-state index in [1.54, 1.807) is 0 Å². The minimum Gasteiger partial charge on any atom is -0.336 e. The smallest absolute Gasteiger partial charge is 0.240 e. The van der Waals surface area contributed by atoms with E-state index in [-0.39, 0.29) is 11.6 Å². The van der Waals surface area contributed by atoms with Crippen LogP contribution in [0.25, 0.3) is 0 Å². The number of carbonyl (C=O) groups is 1. The molecule has 0 radical (unpaired) electrons. The van der Waals surface area contributed by atoms with Gasteiger partial charge in [-0.25, -0.2) is 0 Å². The van der Waals surface area contributed by atoms with Gasteiger partial charge in [0, 0.05) is 18.1 Å². The average molecular weight is 224 g/mol. The highest BCUT2D eigenvalue weighted by atomic mass is 16.2. The Morgan fingerprint density at radius 3 is 2.44 bits per heavy atom. The van der Waals surface area contributed by atoms with Crippen LogP contribution in [0.4, 0.5) is 0 Å². The Morgan fingerprint density at radius 2 is 1.94 bits per heavy atom. The zero-order valence-corrected chi connectivity index (χ0v) is 10.8. The molecule has 1 N–H and O–H groups in total. The first-order chi connectivity index (χ1) is 7.60. The fourth-order valence-corrected chi connectivity index (χ4v) is 2.54. The molecule has 1 saturated heterocycles.